The van der Waals surface area contributed by atoms with E-state index in [0.717, 1.165) is 24.0 Å². The standard InChI is InChI=1S/C16H24BrNO2S/c1-2-13-21(19,20)16-9-7-15(8-10-16)18(12-4-11-17)14-5-3-6-14/h7-10,14H,2-6,11-13H2,1H3. The fourth-order valence-electron chi connectivity index (χ4n) is 2.68. The van der Waals surface area contributed by atoms with Gasteiger partial charge in [0.25, 0.3) is 0 Å². The fourth-order valence-corrected chi connectivity index (χ4v) is 4.26. The van der Waals surface area contributed by atoms with E-state index < -0.39 is 9.84 Å². The predicted molar refractivity (Wildman–Crippen MR) is 92.2 cm³/mol. The van der Waals surface area contributed by atoms with Gasteiger partial charge in [-0.1, -0.05) is 22.9 Å². The highest BCUT2D eigenvalue weighted by Crippen LogP contribution is 2.30. The van der Waals surface area contributed by atoms with Crippen molar-refractivity contribution in [1.82, 2.24) is 0 Å². The van der Waals surface area contributed by atoms with E-state index in [1.807, 2.05) is 19.1 Å². The summed E-state index contributed by atoms with van der Waals surface area (Å²) in [6.45, 7) is 2.92. The molecule has 1 saturated carbocycles. The number of benzene rings is 1. The number of sulfone groups is 1. The highest BCUT2D eigenvalue weighted by Gasteiger charge is 2.25. The fraction of sp³-hybridized carbons (Fsp3) is 0.625. The molecule has 0 N–H and O–H groups in total. The van der Waals surface area contributed by atoms with E-state index in [1.54, 1.807) is 12.1 Å². The van der Waals surface area contributed by atoms with Gasteiger partial charge in [0.05, 0.1) is 10.6 Å². The molecule has 0 amide bonds. The van der Waals surface area contributed by atoms with Gasteiger partial charge in [-0.15, -0.1) is 0 Å². The van der Waals surface area contributed by atoms with E-state index in [9.17, 15) is 8.42 Å². The second-order valence-electron chi connectivity index (χ2n) is 5.63. The minimum atomic E-state index is -3.11. The van der Waals surface area contributed by atoms with Crippen molar-refractivity contribution in [1.29, 1.82) is 0 Å². The van der Waals surface area contributed by atoms with Gasteiger partial charge in [-0.05, 0) is 56.4 Å². The minimum Gasteiger partial charge on any atom is -0.369 e. The maximum atomic E-state index is 12.1. The molecule has 0 unspecified atom stereocenters. The highest BCUT2D eigenvalue weighted by atomic mass is 79.9. The average molecular weight is 374 g/mol. The Morgan fingerprint density at radius 1 is 1.24 bits per heavy atom. The van der Waals surface area contributed by atoms with Gasteiger partial charge in [0.2, 0.25) is 0 Å². The largest absolute Gasteiger partial charge is 0.369 e. The molecule has 3 nitrogen and oxygen atoms in total. The molecule has 2 rings (SSSR count). The van der Waals surface area contributed by atoms with E-state index in [4.69, 9.17) is 0 Å². The van der Waals surface area contributed by atoms with Crippen LogP contribution < -0.4 is 4.90 Å². The lowest BCUT2D eigenvalue weighted by Gasteiger charge is -2.39. The van der Waals surface area contributed by atoms with Gasteiger partial charge in [-0.3, -0.25) is 0 Å². The number of nitrogens with zero attached hydrogens (tertiary/aromatic N) is 1. The molecule has 1 aliphatic carbocycles. The Morgan fingerprint density at radius 3 is 2.38 bits per heavy atom. The van der Waals surface area contributed by atoms with E-state index in [2.05, 4.69) is 20.8 Å². The van der Waals surface area contributed by atoms with Crippen molar-refractivity contribution in [3.63, 3.8) is 0 Å². The molecular formula is C16H24BrNO2S. The van der Waals surface area contributed by atoms with Gasteiger partial charge in [0.15, 0.2) is 9.84 Å². The number of alkyl halides is 1. The van der Waals surface area contributed by atoms with Crippen molar-refractivity contribution in [2.24, 2.45) is 0 Å². The molecule has 1 fully saturated rings. The summed E-state index contributed by atoms with van der Waals surface area (Å²) < 4.78 is 24.1. The molecule has 0 saturated heterocycles. The molecule has 118 valence electrons. The second-order valence-corrected chi connectivity index (χ2v) is 8.54. The lowest BCUT2D eigenvalue weighted by molar-refractivity contribution is 0.386. The second kappa shape index (κ2) is 7.63. The van der Waals surface area contributed by atoms with Crippen LogP contribution in [-0.4, -0.2) is 32.1 Å². The lowest BCUT2D eigenvalue weighted by Crippen LogP contribution is -2.41. The molecule has 1 aliphatic rings. The van der Waals surface area contributed by atoms with Crippen LogP contribution in [0.2, 0.25) is 0 Å². The molecule has 0 atom stereocenters. The van der Waals surface area contributed by atoms with Crippen molar-refractivity contribution in [2.75, 3.05) is 22.5 Å². The molecule has 1 aromatic rings. The summed E-state index contributed by atoms with van der Waals surface area (Å²) in [5, 5.41) is 0.999. The Kier molecular flexibility index (Phi) is 6.11. The quantitative estimate of drug-likeness (QED) is 0.645. The minimum absolute atomic E-state index is 0.224. The van der Waals surface area contributed by atoms with Gasteiger partial charge in [-0.2, -0.15) is 0 Å². The van der Waals surface area contributed by atoms with Crippen LogP contribution in [0.3, 0.4) is 0 Å². The number of rotatable bonds is 8. The van der Waals surface area contributed by atoms with Gasteiger partial charge < -0.3 is 4.90 Å². The first kappa shape index (κ1) is 16.8. The van der Waals surface area contributed by atoms with Crippen LogP contribution in [-0.2, 0) is 9.84 Å². The van der Waals surface area contributed by atoms with Crippen LogP contribution >= 0.6 is 15.9 Å². The Labute approximate surface area is 136 Å². The summed E-state index contributed by atoms with van der Waals surface area (Å²) in [6.07, 6.45) is 5.56. The van der Waals surface area contributed by atoms with Crippen molar-refractivity contribution < 1.29 is 8.42 Å². The first-order valence-electron chi connectivity index (χ1n) is 7.74. The highest BCUT2D eigenvalue weighted by molar-refractivity contribution is 9.09. The summed E-state index contributed by atoms with van der Waals surface area (Å²) in [6, 6.07) is 8.09. The van der Waals surface area contributed by atoms with Gasteiger partial charge >= 0.3 is 0 Å². The van der Waals surface area contributed by atoms with Crippen molar-refractivity contribution in [3.8, 4) is 0 Å². The normalized spacial score (nSPS) is 15.7. The molecule has 1 aromatic carbocycles. The van der Waals surface area contributed by atoms with Crippen LogP contribution in [0.1, 0.15) is 39.0 Å². The number of hydrogen-bond acceptors (Lipinski definition) is 3. The third-order valence-electron chi connectivity index (χ3n) is 4.05. The molecule has 0 aromatic heterocycles. The van der Waals surface area contributed by atoms with Crippen molar-refractivity contribution >= 4 is 31.5 Å². The van der Waals surface area contributed by atoms with Crippen LogP contribution in [0.15, 0.2) is 29.2 Å². The third kappa shape index (κ3) is 4.22. The summed E-state index contributed by atoms with van der Waals surface area (Å²) in [7, 11) is -3.11. The lowest BCUT2D eigenvalue weighted by atomic mass is 9.91. The first-order chi connectivity index (χ1) is 10.1. The molecule has 5 heteroatoms. The van der Waals surface area contributed by atoms with Crippen molar-refractivity contribution in [3.05, 3.63) is 24.3 Å². The van der Waals surface area contributed by atoms with Crippen LogP contribution in [0.4, 0.5) is 5.69 Å². The maximum Gasteiger partial charge on any atom is 0.178 e. The van der Waals surface area contributed by atoms with Gasteiger partial charge in [0, 0.05) is 23.6 Å². The zero-order valence-corrected chi connectivity index (χ0v) is 15.0. The summed E-state index contributed by atoms with van der Waals surface area (Å²) in [5.74, 6) is 0.224. The Balaban J connectivity index is 2.15. The summed E-state index contributed by atoms with van der Waals surface area (Å²) >= 11 is 3.49. The number of halogens is 1. The Bertz CT molecular complexity index is 538. The number of anilines is 1. The number of hydrogen-bond donors (Lipinski definition) is 0. The molecule has 0 radical (unpaired) electrons. The molecule has 0 spiro atoms. The van der Waals surface area contributed by atoms with Crippen LogP contribution in [0, 0.1) is 0 Å². The van der Waals surface area contributed by atoms with Gasteiger partial charge in [0.1, 0.15) is 0 Å². The molecule has 0 aliphatic heterocycles. The smallest absolute Gasteiger partial charge is 0.178 e. The average Bonchev–Trinajstić information content (AvgIpc) is 2.41. The van der Waals surface area contributed by atoms with E-state index >= 15 is 0 Å². The van der Waals surface area contributed by atoms with E-state index in [0.29, 0.717) is 17.4 Å². The van der Waals surface area contributed by atoms with E-state index in [-0.39, 0.29) is 5.75 Å². The maximum absolute atomic E-state index is 12.1. The Hall–Kier alpha value is -0.550. The van der Waals surface area contributed by atoms with E-state index in [1.165, 1.54) is 19.3 Å². The molecular weight excluding hydrogens is 350 g/mol. The first-order valence-corrected chi connectivity index (χ1v) is 10.5. The van der Waals surface area contributed by atoms with Crippen LogP contribution in [0.25, 0.3) is 0 Å². The van der Waals surface area contributed by atoms with Crippen molar-refractivity contribution in [2.45, 2.75) is 50.0 Å². The molecule has 21 heavy (non-hydrogen) atoms. The molecule has 0 heterocycles. The topological polar surface area (TPSA) is 37.4 Å². The summed E-state index contributed by atoms with van der Waals surface area (Å²) in [5.41, 5.74) is 1.15. The Morgan fingerprint density at radius 2 is 1.90 bits per heavy atom. The predicted octanol–water partition coefficient (Wildman–Crippen LogP) is 4.01. The van der Waals surface area contributed by atoms with Crippen LogP contribution in [0.5, 0.6) is 0 Å². The third-order valence-corrected chi connectivity index (χ3v) is 6.55. The SMILES string of the molecule is CCCS(=O)(=O)c1ccc(N(CCCBr)C2CCC2)cc1. The monoisotopic (exact) mass is 373 g/mol. The zero-order chi connectivity index (χ0) is 15.3. The zero-order valence-electron chi connectivity index (χ0n) is 12.6. The van der Waals surface area contributed by atoms with Gasteiger partial charge in [-0.25, -0.2) is 8.42 Å². The molecule has 0 bridgehead atoms. The summed E-state index contributed by atoms with van der Waals surface area (Å²) in [4.78, 5) is 2.88.